The van der Waals surface area contributed by atoms with E-state index in [1.165, 1.54) is 5.56 Å². The van der Waals surface area contributed by atoms with Gasteiger partial charge in [0.05, 0.1) is 5.41 Å². The van der Waals surface area contributed by atoms with Gasteiger partial charge >= 0.3 is 0 Å². The van der Waals surface area contributed by atoms with Crippen molar-refractivity contribution in [3.05, 3.63) is 70.8 Å². The molecule has 0 spiro atoms. The molecule has 1 aliphatic rings. The molecule has 0 aromatic heterocycles. The summed E-state index contributed by atoms with van der Waals surface area (Å²) in [5, 5.41) is 0. The van der Waals surface area contributed by atoms with E-state index in [-0.39, 0.29) is 5.78 Å². The largest absolute Gasteiger partial charge is 0.293 e. The van der Waals surface area contributed by atoms with E-state index in [1.54, 1.807) is 0 Å². The van der Waals surface area contributed by atoms with Crippen molar-refractivity contribution in [2.75, 3.05) is 0 Å². The van der Waals surface area contributed by atoms with Gasteiger partial charge in [0.1, 0.15) is 0 Å². The van der Waals surface area contributed by atoms with E-state index in [4.69, 9.17) is 0 Å². The van der Waals surface area contributed by atoms with Gasteiger partial charge < -0.3 is 0 Å². The maximum Gasteiger partial charge on any atom is 0.173 e. The van der Waals surface area contributed by atoms with Crippen molar-refractivity contribution >= 4 is 5.78 Å². The lowest BCUT2D eigenvalue weighted by Gasteiger charge is -2.24. The molecule has 0 unspecified atom stereocenters. The van der Waals surface area contributed by atoms with Gasteiger partial charge in [0.25, 0.3) is 0 Å². The fraction of sp³-hybridized carbons (Fsp3) is 0.235. The number of hydrogen-bond donors (Lipinski definition) is 0. The standard InChI is InChI=1S/C17H16O/c1-17(2)15-10-6-4-8-13(15)11-12-7-3-5-9-14(12)16(17)18/h3-10H,11H2,1-2H3. The number of carbonyl (C=O) groups is 1. The molecule has 0 saturated carbocycles. The Balaban J connectivity index is 2.31. The van der Waals surface area contributed by atoms with Crippen LogP contribution in [0.1, 0.15) is 40.9 Å². The molecule has 0 atom stereocenters. The van der Waals surface area contributed by atoms with E-state index in [1.807, 2.05) is 44.2 Å². The Labute approximate surface area is 107 Å². The molecule has 0 heterocycles. The lowest BCUT2D eigenvalue weighted by molar-refractivity contribution is 0.0909. The summed E-state index contributed by atoms with van der Waals surface area (Å²) in [6.07, 6.45) is 0.849. The lowest BCUT2D eigenvalue weighted by atomic mass is 9.78. The number of benzene rings is 2. The summed E-state index contributed by atoms with van der Waals surface area (Å²) < 4.78 is 0. The van der Waals surface area contributed by atoms with Crippen LogP contribution in [-0.4, -0.2) is 5.78 Å². The van der Waals surface area contributed by atoms with E-state index >= 15 is 0 Å². The first kappa shape index (κ1) is 11.2. The Bertz CT molecular complexity index is 623. The van der Waals surface area contributed by atoms with Gasteiger partial charge in [-0.15, -0.1) is 0 Å². The first-order valence-corrected chi connectivity index (χ1v) is 6.32. The molecular weight excluding hydrogens is 220 g/mol. The van der Waals surface area contributed by atoms with E-state index in [0.29, 0.717) is 0 Å². The fourth-order valence-electron chi connectivity index (χ4n) is 2.84. The highest BCUT2D eigenvalue weighted by atomic mass is 16.1. The minimum atomic E-state index is -0.441. The second-order valence-electron chi connectivity index (χ2n) is 5.45. The first-order valence-electron chi connectivity index (χ1n) is 6.32. The summed E-state index contributed by atoms with van der Waals surface area (Å²) in [5.74, 6) is 0.225. The summed E-state index contributed by atoms with van der Waals surface area (Å²) in [5.41, 5.74) is 4.00. The minimum absolute atomic E-state index is 0.225. The Morgan fingerprint density at radius 1 is 0.889 bits per heavy atom. The van der Waals surface area contributed by atoms with Crippen LogP contribution in [0, 0.1) is 0 Å². The van der Waals surface area contributed by atoms with Crippen LogP contribution in [0.25, 0.3) is 0 Å². The van der Waals surface area contributed by atoms with Crippen LogP contribution >= 0.6 is 0 Å². The van der Waals surface area contributed by atoms with Crippen molar-refractivity contribution in [3.8, 4) is 0 Å². The van der Waals surface area contributed by atoms with Crippen molar-refractivity contribution in [1.82, 2.24) is 0 Å². The van der Waals surface area contributed by atoms with E-state index in [0.717, 1.165) is 23.1 Å². The van der Waals surface area contributed by atoms with Gasteiger partial charge in [-0.05, 0) is 37.0 Å². The van der Waals surface area contributed by atoms with Crippen LogP contribution < -0.4 is 0 Å². The van der Waals surface area contributed by atoms with Gasteiger partial charge in [-0.2, -0.15) is 0 Å². The third-order valence-electron chi connectivity index (χ3n) is 3.90. The number of ketones is 1. The van der Waals surface area contributed by atoms with Crippen LogP contribution in [0.5, 0.6) is 0 Å². The number of Topliss-reactive ketones (excluding diaryl/α,β-unsaturated/α-hetero) is 1. The summed E-state index contributed by atoms with van der Waals surface area (Å²) in [7, 11) is 0. The lowest BCUT2D eigenvalue weighted by Crippen LogP contribution is -2.29. The molecule has 1 aliphatic carbocycles. The molecule has 0 aliphatic heterocycles. The topological polar surface area (TPSA) is 17.1 Å². The molecule has 0 N–H and O–H groups in total. The first-order chi connectivity index (χ1) is 8.60. The monoisotopic (exact) mass is 236 g/mol. The van der Waals surface area contributed by atoms with Crippen molar-refractivity contribution in [1.29, 1.82) is 0 Å². The smallest absolute Gasteiger partial charge is 0.173 e. The molecular formula is C17H16O. The van der Waals surface area contributed by atoms with Crippen molar-refractivity contribution < 1.29 is 4.79 Å². The normalized spacial score (nSPS) is 16.7. The highest BCUT2D eigenvalue weighted by molar-refractivity contribution is 6.05. The molecule has 2 aromatic rings. The number of rotatable bonds is 0. The van der Waals surface area contributed by atoms with Crippen molar-refractivity contribution in [2.24, 2.45) is 0 Å². The summed E-state index contributed by atoms with van der Waals surface area (Å²) in [6.45, 7) is 4.05. The molecule has 0 radical (unpaired) electrons. The van der Waals surface area contributed by atoms with E-state index in [9.17, 15) is 4.79 Å². The molecule has 1 heteroatoms. The predicted octanol–water partition coefficient (Wildman–Crippen LogP) is 3.75. The fourth-order valence-corrected chi connectivity index (χ4v) is 2.84. The van der Waals surface area contributed by atoms with Gasteiger partial charge in [-0.3, -0.25) is 4.79 Å². The molecule has 0 fully saturated rings. The van der Waals surface area contributed by atoms with E-state index in [2.05, 4.69) is 18.2 Å². The summed E-state index contributed by atoms with van der Waals surface area (Å²) in [6, 6.07) is 16.2. The molecule has 3 rings (SSSR count). The Morgan fingerprint density at radius 3 is 2.28 bits per heavy atom. The summed E-state index contributed by atoms with van der Waals surface area (Å²) in [4.78, 5) is 12.7. The third kappa shape index (κ3) is 1.51. The zero-order valence-corrected chi connectivity index (χ0v) is 10.7. The molecule has 0 saturated heterocycles. The Kier molecular flexibility index (Phi) is 2.37. The zero-order chi connectivity index (χ0) is 12.8. The molecule has 2 aromatic carbocycles. The highest BCUT2D eigenvalue weighted by Crippen LogP contribution is 2.35. The number of hydrogen-bond acceptors (Lipinski definition) is 1. The van der Waals surface area contributed by atoms with Gasteiger partial charge in [-0.1, -0.05) is 48.5 Å². The average molecular weight is 236 g/mol. The second kappa shape index (κ2) is 3.81. The third-order valence-corrected chi connectivity index (χ3v) is 3.90. The minimum Gasteiger partial charge on any atom is -0.293 e. The Morgan fingerprint density at radius 2 is 1.50 bits per heavy atom. The van der Waals surface area contributed by atoms with Crippen LogP contribution in [0.3, 0.4) is 0 Å². The van der Waals surface area contributed by atoms with Crippen LogP contribution in [-0.2, 0) is 11.8 Å². The maximum absolute atomic E-state index is 12.7. The van der Waals surface area contributed by atoms with E-state index < -0.39 is 5.41 Å². The zero-order valence-electron chi connectivity index (χ0n) is 10.7. The van der Waals surface area contributed by atoms with Gasteiger partial charge in [-0.25, -0.2) is 0 Å². The average Bonchev–Trinajstić information content (AvgIpc) is 2.46. The highest BCUT2D eigenvalue weighted by Gasteiger charge is 2.35. The Hall–Kier alpha value is -1.89. The van der Waals surface area contributed by atoms with Crippen molar-refractivity contribution in [3.63, 3.8) is 0 Å². The predicted molar refractivity (Wildman–Crippen MR) is 73.0 cm³/mol. The molecule has 18 heavy (non-hydrogen) atoms. The summed E-state index contributed by atoms with van der Waals surface area (Å²) >= 11 is 0. The van der Waals surface area contributed by atoms with Crippen LogP contribution in [0.4, 0.5) is 0 Å². The van der Waals surface area contributed by atoms with Gasteiger partial charge in [0.15, 0.2) is 5.78 Å². The van der Waals surface area contributed by atoms with Crippen molar-refractivity contribution in [2.45, 2.75) is 25.7 Å². The molecule has 0 bridgehead atoms. The van der Waals surface area contributed by atoms with Crippen LogP contribution in [0.2, 0.25) is 0 Å². The van der Waals surface area contributed by atoms with Crippen LogP contribution in [0.15, 0.2) is 48.5 Å². The van der Waals surface area contributed by atoms with Gasteiger partial charge in [0, 0.05) is 5.56 Å². The molecule has 0 amide bonds. The molecule has 1 nitrogen and oxygen atoms in total. The second-order valence-corrected chi connectivity index (χ2v) is 5.45. The SMILES string of the molecule is CC1(C)C(=O)c2ccccc2Cc2ccccc21. The number of carbonyl (C=O) groups excluding carboxylic acids is 1. The number of fused-ring (bicyclic) bond motifs is 2. The quantitative estimate of drug-likeness (QED) is 0.680. The molecule has 90 valence electrons. The van der Waals surface area contributed by atoms with Gasteiger partial charge in [0.2, 0.25) is 0 Å². The maximum atomic E-state index is 12.7.